The zero-order valence-electron chi connectivity index (χ0n) is 17.7. The molecule has 0 bridgehead atoms. The lowest BCUT2D eigenvalue weighted by Crippen LogP contribution is -2.34. The maximum atomic E-state index is 13.1. The van der Waals surface area contributed by atoms with Crippen LogP contribution in [-0.4, -0.2) is 40.3 Å². The van der Waals surface area contributed by atoms with Gasteiger partial charge in [0.25, 0.3) is 11.1 Å². The average Bonchev–Trinajstić information content (AvgIpc) is 3.19. The van der Waals surface area contributed by atoms with Crippen LogP contribution in [0.25, 0.3) is 10.8 Å². The van der Waals surface area contributed by atoms with Crippen LogP contribution in [0, 0.1) is 0 Å². The monoisotopic (exact) mass is 435 g/mol. The standard InChI is InChI=1S/C24H25N3O5/c28-22(10-12-27-24(30)18-6-2-1-5-17(18)23(29)25-27)26-11-3-7-19(26)16-8-9-20-21(15-16)32-14-4-13-31-20/h1-2,5-6,8-9,15,19H,3-4,7,10-14H2,(H,25,29)/t19-/m1/s1. The Morgan fingerprint density at radius 2 is 1.78 bits per heavy atom. The van der Waals surface area contributed by atoms with E-state index in [4.69, 9.17) is 9.47 Å². The normalized spacial score (nSPS) is 18.0. The van der Waals surface area contributed by atoms with E-state index in [1.807, 2.05) is 23.1 Å². The minimum absolute atomic E-state index is 0.0352. The lowest BCUT2D eigenvalue weighted by atomic mass is 10.0. The predicted molar refractivity (Wildman–Crippen MR) is 119 cm³/mol. The highest BCUT2D eigenvalue weighted by Gasteiger charge is 2.30. The number of aromatic nitrogens is 2. The van der Waals surface area contributed by atoms with Crippen LogP contribution in [0.3, 0.4) is 0 Å². The summed E-state index contributed by atoms with van der Waals surface area (Å²) in [6.45, 7) is 2.04. The third kappa shape index (κ3) is 3.77. The Morgan fingerprint density at radius 3 is 2.62 bits per heavy atom. The summed E-state index contributed by atoms with van der Waals surface area (Å²) in [6, 6.07) is 12.5. The molecule has 0 aliphatic carbocycles. The molecular weight excluding hydrogens is 410 g/mol. The fourth-order valence-corrected chi connectivity index (χ4v) is 4.55. The van der Waals surface area contributed by atoms with Gasteiger partial charge in [-0.25, -0.2) is 4.68 Å². The van der Waals surface area contributed by atoms with Crippen molar-refractivity contribution >= 4 is 16.7 Å². The number of aryl methyl sites for hydroxylation is 1. The van der Waals surface area contributed by atoms with Crippen molar-refractivity contribution in [1.82, 2.24) is 14.7 Å². The van der Waals surface area contributed by atoms with E-state index in [0.717, 1.165) is 36.3 Å². The zero-order valence-corrected chi connectivity index (χ0v) is 17.7. The minimum Gasteiger partial charge on any atom is -0.490 e. The van der Waals surface area contributed by atoms with Crippen molar-refractivity contribution in [2.75, 3.05) is 19.8 Å². The van der Waals surface area contributed by atoms with Gasteiger partial charge < -0.3 is 14.4 Å². The minimum atomic E-state index is -0.334. The first-order chi connectivity index (χ1) is 15.6. The van der Waals surface area contributed by atoms with Gasteiger partial charge in [0.1, 0.15) is 0 Å². The number of ether oxygens (including phenoxy) is 2. The molecule has 32 heavy (non-hydrogen) atoms. The van der Waals surface area contributed by atoms with Crippen molar-refractivity contribution in [1.29, 1.82) is 0 Å². The Labute approximate surface area is 184 Å². The molecule has 0 spiro atoms. The van der Waals surface area contributed by atoms with Crippen molar-refractivity contribution in [3.05, 3.63) is 68.7 Å². The van der Waals surface area contributed by atoms with Crippen LogP contribution in [0.2, 0.25) is 0 Å². The van der Waals surface area contributed by atoms with Gasteiger partial charge in [-0.15, -0.1) is 0 Å². The second-order valence-corrected chi connectivity index (χ2v) is 8.20. The maximum absolute atomic E-state index is 13.1. The number of nitrogens with zero attached hydrogens (tertiary/aromatic N) is 2. The summed E-state index contributed by atoms with van der Waals surface area (Å²) in [6.07, 6.45) is 2.76. The molecule has 8 nitrogen and oxygen atoms in total. The molecule has 2 aromatic carbocycles. The zero-order chi connectivity index (χ0) is 22.1. The van der Waals surface area contributed by atoms with Gasteiger partial charge in [-0.3, -0.25) is 19.5 Å². The molecule has 3 heterocycles. The Balaban J connectivity index is 1.33. The van der Waals surface area contributed by atoms with E-state index in [1.54, 1.807) is 24.3 Å². The Kier molecular flexibility index (Phi) is 5.43. The van der Waals surface area contributed by atoms with Gasteiger partial charge in [-0.05, 0) is 42.7 Å². The molecule has 5 rings (SSSR count). The number of rotatable bonds is 4. The maximum Gasteiger partial charge on any atom is 0.273 e. The van der Waals surface area contributed by atoms with E-state index < -0.39 is 0 Å². The molecule has 8 heteroatoms. The number of benzene rings is 2. The van der Waals surface area contributed by atoms with E-state index in [-0.39, 0.29) is 36.0 Å². The third-order valence-electron chi connectivity index (χ3n) is 6.16. The summed E-state index contributed by atoms with van der Waals surface area (Å²) in [5.74, 6) is 1.42. The Morgan fingerprint density at radius 1 is 1.00 bits per heavy atom. The predicted octanol–water partition coefficient (Wildman–Crippen LogP) is 2.60. The van der Waals surface area contributed by atoms with Crippen LogP contribution < -0.4 is 20.6 Å². The lowest BCUT2D eigenvalue weighted by molar-refractivity contribution is -0.132. The van der Waals surface area contributed by atoms with Crippen LogP contribution in [0.5, 0.6) is 11.5 Å². The van der Waals surface area contributed by atoms with E-state index in [0.29, 0.717) is 30.5 Å². The number of carbonyl (C=O) groups excluding carboxylic acids is 1. The number of hydrogen-bond donors (Lipinski definition) is 1. The van der Waals surface area contributed by atoms with Gasteiger partial charge in [0.15, 0.2) is 11.5 Å². The first kappa shape index (κ1) is 20.4. The summed E-state index contributed by atoms with van der Waals surface area (Å²) in [7, 11) is 0. The Hall–Kier alpha value is -3.55. The summed E-state index contributed by atoms with van der Waals surface area (Å²) in [5, 5.41) is 3.31. The van der Waals surface area contributed by atoms with E-state index in [9.17, 15) is 14.4 Å². The second-order valence-electron chi connectivity index (χ2n) is 8.20. The number of amides is 1. The van der Waals surface area contributed by atoms with Crippen molar-refractivity contribution in [3.8, 4) is 11.5 Å². The highest BCUT2D eigenvalue weighted by molar-refractivity contribution is 5.80. The summed E-state index contributed by atoms with van der Waals surface area (Å²) < 4.78 is 12.8. The molecule has 2 aliphatic rings. The van der Waals surface area contributed by atoms with Crippen LogP contribution in [0.1, 0.15) is 37.3 Å². The van der Waals surface area contributed by atoms with Gasteiger partial charge in [-0.1, -0.05) is 18.2 Å². The van der Waals surface area contributed by atoms with Gasteiger partial charge in [0, 0.05) is 19.4 Å². The van der Waals surface area contributed by atoms with Gasteiger partial charge in [0.05, 0.1) is 36.6 Å². The second kappa shape index (κ2) is 8.53. The first-order valence-electron chi connectivity index (χ1n) is 11.0. The van der Waals surface area contributed by atoms with Crippen LogP contribution >= 0.6 is 0 Å². The number of likely N-dealkylation sites (tertiary alicyclic amines) is 1. The van der Waals surface area contributed by atoms with Gasteiger partial charge in [-0.2, -0.15) is 0 Å². The first-order valence-corrected chi connectivity index (χ1v) is 11.0. The smallest absolute Gasteiger partial charge is 0.273 e. The molecule has 0 saturated carbocycles. The summed E-state index contributed by atoms with van der Waals surface area (Å²) in [4.78, 5) is 39.9. The van der Waals surface area contributed by atoms with Crippen molar-refractivity contribution in [3.63, 3.8) is 0 Å². The molecule has 1 saturated heterocycles. The number of fused-ring (bicyclic) bond motifs is 2. The number of hydrogen-bond acceptors (Lipinski definition) is 5. The molecule has 166 valence electrons. The molecule has 0 unspecified atom stereocenters. The Bertz CT molecular complexity index is 1280. The molecule has 2 aliphatic heterocycles. The van der Waals surface area contributed by atoms with E-state index in [1.165, 1.54) is 4.68 Å². The number of H-pyrrole nitrogens is 1. The van der Waals surface area contributed by atoms with Crippen LogP contribution in [-0.2, 0) is 11.3 Å². The highest BCUT2D eigenvalue weighted by Crippen LogP contribution is 2.38. The van der Waals surface area contributed by atoms with Crippen LogP contribution in [0.4, 0.5) is 0 Å². The SMILES string of the molecule is O=C(CCn1[nH]c(=O)c2ccccc2c1=O)N1CCC[C@@H]1c1ccc2c(c1)OCCCO2. The summed E-state index contributed by atoms with van der Waals surface area (Å²) >= 11 is 0. The largest absolute Gasteiger partial charge is 0.490 e. The van der Waals surface area contributed by atoms with E-state index in [2.05, 4.69) is 5.10 Å². The molecule has 1 atom stereocenters. The third-order valence-corrected chi connectivity index (χ3v) is 6.16. The molecule has 0 radical (unpaired) electrons. The van der Waals surface area contributed by atoms with Gasteiger partial charge in [0.2, 0.25) is 5.91 Å². The molecule has 3 aromatic rings. The highest BCUT2D eigenvalue weighted by atomic mass is 16.5. The van der Waals surface area contributed by atoms with Crippen molar-refractivity contribution < 1.29 is 14.3 Å². The van der Waals surface area contributed by atoms with Gasteiger partial charge >= 0.3 is 0 Å². The average molecular weight is 435 g/mol. The van der Waals surface area contributed by atoms with Crippen molar-refractivity contribution in [2.24, 2.45) is 0 Å². The van der Waals surface area contributed by atoms with Crippen LogP contribution in [0.15, 0.2) is 52.1 Å². The van der Waals surface area contributed by atoms with E-state index >= 15 is 0 Å². The molecule has 1 amide bonds. The summed E-state index contributed by atoms with van der Waals surface area (Å²) in [5.41, 5.74) is 0.393. The molecule has 1 aromatic heterocycles. The topological polar surface area (TPSA) is 93.6 Å². The molecular formula is C24H25N3O5. The van der Waals surface area contributed by atoms with Crippen molar-refractivity contribution in [2.45, 2.75) is 38.3 Å². The fraction of sp³-hybridized carbons (Fsp3) is 0.375. The lowest BCUT2D eigenvalue weighted by Gasteiger charge is -2.26. The molecule has 1 fully saturated rings. The quantitative estimate of drug-likeness (QED) is 0.680. The molecule has 1 N–H and O–H groups in total. The number of carbonyl (C=O) groups is 1. The number of aromatic amines is 1. The number of nitrogens with one attached hydrogen (secondary N) is 1. The fourth-order valence-electron chi connectivity index (χ4n) is 4.55.